The van der Waals surface area contributed by atoms with Crippen molar-refractivity contribution in [3.63, 3.8) is 0 Å². The summed E-state index contributed by atoms with van der Waals surface area (Å²) >= 11 is 0. The number of nitrogens with zero attached hydrogens (tertiary/aromatic N) is 2. The highest BCUT2D eigenvalue weighted by atomic mass is 19.1. The molecule has 1 amide bonds. The van der Waals surface area contributed by atoms with E-state index >= 15 is 0 Å². The number of hydrogen-bond acceptors (Lipinski definition) is 4. The number of anilines is 1. The van der Waals surface area contributed by atoms with E-state index in [4.69, 9.17) is 0 Å². The zero-order valence-corrected chi connectivity index (χ0v) is 15.4. The first-order valence-corrected chi connectivity index (χ1v) is 9.42. The normalized spacial score (nSPS) is 13.2. The van der Waals surface area contributed by atoms with Crippen LogP contribution in [0.2, 0.25) is 0 Å². The Bertz CT molecular complexity index is 973. The molecule has 1 aliphatic carbocycles. The lowest BCUT2D eigenvalue weighted by Crippen LogP contribution is -2.27. The third kappa shape index (κ3) is 4.52. The molecular weight excluding hydrogens is 355 g/mol. The second kappa shape index (κ2) is 8.17. The topological polar surface area (TPSA) is 66.9 Å². The summed E-state index contributed by atoms with van der Waals surface area (Å²) in [5.41, 5.74) is 1.72. The molecule has 4 rings (SSSR count). The van der Waals surface area contributed by atoms with Gasteiger partial charge in [-0.15, -0.1) is 0 Å². The van der Waals surface area contributed by atoms with Crippen LogP contribution in [0.15, 0.2) is 60.7 Å². The van der Waals surface area contributed by atoms with Gasteiger partial charge in [0.1, 0.15) is 17.3 Å². The van der Waals surface area contributed by atoms with Crippen molar-refractivity contribution in [1.82, 2.24) is 15.3 Å². The van der Waals surface area contributed by atoms with Crippen molar-refractivity contribution in [2.24, 2.45) is 0 Å². The fraction of sp³-hybridized carbons (Fsp3) is 0.227. The molecule has 0 radical (unpaired) electrons. The van der Waals surface area contributed by atoms with E-state index in [2.05, 4.69) is 20.6 Å². The maximum Gasteiger partial charge on any atom is 0.270 e. The average molecular weight is 376 g/mol. The van der Waals surface area contributed by atoms with Gasteiger partial charge in [-0.25, -0.2) is 14.4 Å². The molecule has 28 heavy (non-hydrogen) atoms. The van der Waals surface area contributed by atoms with Crippen LogP contribution < -0.4 is 10.6 Å². The number of carbonyl (C=O) groups excluding carboxylic acids is 1. The van der Waals surface area contributed by atoms with Gasteiger partial charge < -0.3 is 10.6 Å². The van der Waals surface area contributed by atoms with E-state index < -0.39 is 0 Å². The van der Waals surface area contributed by atoms with Crippen molar-refractivity contribution in [3.05, 3.63) is 77.7 Å². The SMILES string of the molecule is O=C(NCCc1ccccc1F)c1cc(NC2CC2)nc(-c2ccccc2)n1. The van der Waals surface area contributed by atoms with Gasteiger partial charge in [-0.05, 0) is 30.9 Å². The second-order valence-electron chi connectivity index (χ2n) is 6.84. The molecule has 1 fully saturated rings. The lowest BCUT2D eigenvalue weighted by atomic mass is 10.1. The number of amides is 1. The van der Waals surface area contributed by atoms with E-state index in [-0.39, 0.29) is 11.7 Å². The monoisotopic (exact) mass is 376 g/mol. The smallest absolute Gasteiger partial charge is 0.270 e. The van der Waals surface area contributed by atoms with E-state index in [0.717, 1.165) is 18.4 Å². The van der Waals surface area contributed by atoms with Crippen LogP contribution in [0.4, 0.5) is 10.2 Å². The summed E-state index contributed by atoms with van der Waals surface area (Å²) in [5, 5.41) is 6.16. The number of aromatic nitrogens is 2. The fourth-order valence-corrected chi connectivity index (χ4v) is 2.89. The Labute approximate surface area is 163 Å². The summed E-state index contributed by atoms with van der Waals surface area (Å²) in [6, 6.07) is 18.2. The summed E-state index contributed by atoms with van der Waals surface area (Å²) < 4.78 is 13.7. The van der Waals surface area contributed by atoms with Gasteiger partial charge in [-0.1, -0.05) is 48.5 Å². The predicted octanol–water partition coefficient (Wildman–Crippen LogP) is 3.83. The molecule has 0 atom stereocenters. The number of rotatable bonds is 7. The highest BCUT2D eigenvalue weighted by Gasteiger charge is 2.22. The lowest BCUT2D eigenvalue weighted by Gasteiger charge is -2.10. The Balaban J connectivity index is 1.50. The summed E-state index contributed by atoms with van der Waals surface area (Å²) in [5.74, 6) is 0.594. The van der Waals surface area contributed by atoms with Crippen LogP contribution in [-0.2, 0) is 6.42 Å². The van der Waals surface area contributed by atoms with Crippen molar-refractivity contribution in [3.8, 4) is 11.4 Å². The molecule has 3 aromatic rings. The molecule has 1 aromatic heterocycles. The van der Waals surface area contributed by atoms with Crippen molar-refractivity contribution in [1.29, 1.82) is 0 Å². The largest absolute Gasteiger partial charge is 0.367 e. The van der Waals surface area contributed by atoms with Gasteiger partial charge in [-0.3, -0.25) is 4.79 Å². The van der Waals surface area contributed by atoms with E-state index in [0.29, 0.717) is 41.9 Å². The van der Waals surface area contributed by atoms with Gasteiger partial charge >= 0.3 is 0 Å². The van der Waals surface area contributed by atoms with Crippen molar-refractivity contribution in [2.75, 3.05) is 11.9 Å². The zero-order valence-electron chi connectivity index (χ0n) is 15.4. The molecular formula is C22H21FN4O. The molecule has 0 bridgehead atoms. The molecule has 0 saturated heterocycles. The molecule has 142 valence electrons. The van der Waals surface area contributed by atoms with Gasteiger partial charge in [0, 0.05) is 24.2 Å². The summed E-state index contributed by atoms with van der Waals surface area (Å²) in [4.78, 5) is 21.6. The quantitative estimate of drug-likeness (QED) is 0.658. The van der Waals surface area contributed by atoms with Crippen molar-refractivity contribution < 1.29 is 9.18 Å². The molecule has 0 aliphatic heterocycles. The van der Waals surface area contributed by atoms with E-state index in [9.17, 15) is 9.18 Å². The highest BCUT2D eigenvalue weighted by molar-refractivity contribution is 5.93. The van der Waals surface area contributed by atoms with Gasteiger partial charge in [0.2, 0.25) is 0 Å². The summed E-state index contributed by atoms with van der Waals surface area (Å²) in [7, 11) is 0. The number of nitrogens with one attached hydrogen (secondary N) is 2. The standard InChI is InChI=1S/C22H21FN4O/c23-18-9-5-4-6-15(18)12-13-24-22(28)19-14-20(25-17-10-11-17)27-21(26-19)16-7-2-1-3-8-16/h1-9,14,17H,10-13H2,(H,24,28)(H,25,26,27). The van der Waals surface area contributed by atoms with Gasteiger partial charge in [0.25, 0.3) is 5.91 Å². The Morgan fingerprint density at radius 1 is 1.04 bits per heavy atom. The zero-order chi connectivity index (χ0) is 19.3. The van der Waals surface area contributed by atoms with E-state index in [1.165, 1.54) is 6.07 Å². The molecule has 1 aliphatic rings. The first-order chi connectivity index (χ1) is 13.7. The predicted molar refractivity (Wildman–Crippen MR) is 107 cm³/mol. The summed E-state index contributed by atoms with van der Waals surface area (Å²) in [6.07, 6.45) is 2.63. The van der Waals surface area contributed by atoms with Crippen molar-refractivity contribution >= 4 is 11.7 Å². The summed E-state index contributed by atoms with van der Waals surface area (Å²) in [6.45, 7) is 0.329. The van der Waals surface area contributed by atoms with Crippen LogP contribution in [0.3, 0.4) is 0 Å². The van der Waals surface area contributed by atoms with Crippen molar-refractivity contribution in [2.45, 2.75) is 25.3 Å². The minimum Gasteiger partial charge on any atom is -0.367 e. The molecule has 0 unspecified atom stereocenters. The first kappa shape index (κ1) is 18.1. The van der Waals surface area contributed by atoms with E-state index in [1.807, 2.05) is 30.3 Å². The second-order valence-corrected chi connectivity index (χ2v) is 6.84. The van der Waals surface area contributed by atoms with Crippen LogP contribution in [0.25, 0.3) is 11.4 Å². The van der Waals surface area contributed by atoms with Crippen LogP contribution >= 0.6 is 0 Å². The maximum absolute atomic E-state index is 13.7. The molecule has 1 saturated carbocycles. The molecule has 1 heterocycles. The molecule has 6 heteroatoms. The van der Waals surface area contributed by atoms with Crippen LogP contribution in [0, 0.1) is 5.82 Å². The Kier molecular flexibility index (Phi) is 5.28. The van der Waals surface area contributed by atoms with Gasteiger partial charge in [0.15, 0.2) is 5.82 Å². The molecule has 2 aromatic carbocycles. The number of benzene rings is 2. The Morgan fingerprint density at radius 2 is 1.79 bits per heavy atom. The Morgan fingerprint density at radius 3 is 2.54 bits per heavy atom. The van der Waals surface area contributed by atoms with Crippen LogP contribution in [0.5, 0.6) is 0 Å². The Hall–Kier alpha value is -3.28. The third-order valence-electron chi connectivity index (χ3n) is 4.56. The number of hydrogen-bond donors (Lipinski definition) is 2. The maximum atomic E-state index is 13.7. The minimum atomic E-state index is -0.297. The van der Waals surface area contributed by atoms with Crippen LogP contribution in [0.1, 0.15) is 28.9 Å². The number of halogens is 1. The molecule has 2 N–H and O–H groups in total. The van der Waals surface area contributed by atoms with E-state index in [1.54, 1.807) is 24.3 Å². The minimum absolute atomic E-state index is 0.263. The molecule has 0 spiro atoms. The average Bonchev–Trinajstić information content (AvgIpc) is 3.54. The molecule has 5 nitrogen and oxygen atoms in total. The highest BCUT2D eigenvalue weighted by Crippen LogP contribution is 2.25. The van der Waals surface area contributed by atoms with Gasteiger partial charge in [-0.2, -0.15) is 0 Å². The van der Waals surface area contributed by atoms with Crippen LogP contribution in [-0.4, -0.2) is 28.5 Å². The fourth-order valence-electron chi connectivity index (χ4n) is 2.89. The van der Waals surface area contributed by atoms with Gasteiger partial charge in [0.05, 0.1) is 0 Å². The third-order valence-corrected chi connectivity index (χ3v) is 4.56. The first-order valence-electron chi connectivity index (χ1n) is 9.42. The number of carbonyl (C=O) groups is 1. The lowest BCUT2D eigenvalue weighted by molar-refractivity contribution is 0.0949.